The van der Waals surface area contributed by atoms with E-state index in [9.17, 15) is 13.2 Å². The van der Waals surface area contributed by atoms with Gasteiger partial charge in [-0.3, -0.25) is 0 Å². The average molecular weight is 312 g/mol. The van der Waals surface area contributed by atoms with E-state index in [2.05, 4.69) is 14.8 Å². The molecule has 116 valence electrons. The molecule has 1 unspecified atom stereocenters. The molecule has 2 rings (SSSR count). The lowest BCUT2D eigenvalue weighted by Gasteiger charge is -2.11. The highest BCUT2D eigenvalue weighted by Crippen LogP contribution is 2.13. The highest BCUT2D eigenvalue weighted by Gasteiger charge is 2.18. The third kappa shape index (κ3) is 4.26. The van der Waals surface area contributed by atoms with Crippen LogP contribution in [0.3, 0.4) is 0 Å². The number of rotatable bonds is 6. The molecule has 7 heteroatoms. The first kappa shape index (κ1) is 15.9. The van der Waals surface area contributed by atoms with E-state index >= 15 is 0 Å². The normalized spacial score (nSPS) is 18.6. The molecule has 1 atom stereocenters. The molecule has 1 aromatic rings. The summed E-state index contributed by atoms with van der Waals surface area (Å²) >= 11 is 0. The Hall–Kier alpha value is -1.44. The summed E-state index contributed by atoms with van der Waals surface area (Å²) in [6, 6.07) is 6.21. The molecule has 1 aliphatic heterocycles. The van der Waals surface area contributed by atoms with E-state index in [0.717, 1.165) is 25.8 Å². The van der Waals surface area contributed by atoms with Crippen LogP contribution in [0, 0.1) is 0 Å². The molecule has 1 saturated heterocycles. The summed E-state index contributed by atoms with van der Waals surface area (Å²) in [5.74, 6) is -0.554. The fourth-order valence-corrected chi connectivity index (χ4v) is 3.46. The minimum atomic E-state index is -3.60. The molecule has 0 amide bonds. The lowest BCUT2D eigenvalue weighted by atomic mass is 10.2. The third-order valence-corrected chi connectivity index (χ3v) is 4.97. The van der Waals surface area contributed by atoms with Crippen molar-refractivity contribution in [3.05, 3.63) is 29.8 Å². The maximum atomic E-state index is 12.2. The largest absolute Gasteiger partial charge is 0.465 e. The predicted molar refractivity (Wildman–Crippen MR) is 78.6 cm³/mol. The molecule has 21 heavy (non-hydrogen) atoms. The molecule has 0 aliphatic carbocycles. The molecule has 0 bridgehead atoms. The van der Waals surface area contributed by atoms with Gasteiger partial charge < -0.3 is 10.1 Å². The number of esters is 1. The minimum absolute atomic E-state index is 0.0739. The number of carbonyl (C=O) groups excluding carboxylic acids is 1. The lowest BCUT2D eigenvalue weighted by Crippen LogP contribution is -2.30. The zero-order valence-corrected chi connectivity index (χ0v) is 12.8. The second-order valence-corrected chi connectivity index (χ2v) is 6.77. The van der Waals surface area contributed by atoms with Crippen molar-refractivity contribution in [3.8, 4) is 0 Å². The van der Waals surface area contributed by atoms with Gasteiger partial charge in [-0.25, -0.2) is 17.9 Å². The first-order chi connectivity index (χ1) is 10.0. The minimum Gasteiger partial charge on any atom is -0.465 e. The zero-order chi connectivity index (χ0) is 15.3. The molecule has 1 aliphatic rings. The van der Waals surface area contributed by atoms with E-state index in [1.165, 1.54) is 31.4 Å². The van der Waals surface area contributed by atoms with Gasteiger partial charge in [0.1, 0.15) is 0 Å². The van der Waals surface area contributed by atoms with Gasteiger partial charge in [-0.15, -0.1) is 0 Å². The summed E-state index contributed by atoms with van der Waals surface area (Å²) < 4.78 is 31.5. The summed E-state index contributed by atoms with van der Waals surface area (Å²) in [5, 5.41) is 3.32. The van der Waals surface area contributed by atoms with Crippen LogP contribution < -0.4 is 10.0 Å². The molecule has 6 nitrogen and oxygen atoms in total. The topological polar surface area (TPSA) is 84.5 Å². The third-order valence-electron chi connectivity index (χ3n) is 3.51. The Kier molecular flexibility index (Phi) is 5.33. The zero-order valence-electron chi connectivity index (χ0n) is 12.0. The average Bonchev–Trinajstić information content (AvgIpc) is 2.99. The van der Waals surface area contributed by atoms with Gasteiger partial charge >= 0.3 is 5.97 Å². The summed E-state index contributed by atoms with van der Waals surface area (Å²) in [7, 11) is -2.34. The van der Waals surface area contributed by atoms with Gasteiger partial charge in [0.05, 0.1) is 17.6 Å². The number of sulfonamides is 1. The standard InChI is InChI=1S/C14H20N2O4S/c1-20-14(17)11-4-2-6-13(10-11)21(18,19)16-9-7-12-5-3-8-15-12/h2,4,6,10,12,15-16H,3,5,7-9H2,1H3. The van der Waals surface area contributed by atoms with E-state index < -0.39 is 16.0 Å². The molecule has 2 N–H and O–H groups in total. The molecular weight excluding hydrogens is 292 g/mol. The molecule has 0 spiro atoms. The van der Waals surface area contributed by atoms with Gasteiger partial charge in [0, 0.05) is 12.6 Å². The van der Waals surface area contributed by atoms with E-state index in [1.54, 1.807) is 0 Å². The number of carbonyl (C=O) groups is 1. The first-order valence-electron chi connectivity index (χ1n) is 6.94. The summed E-state index contributed by atoms with van der Waals surface area (Å²) in [6.07, 6.45) is 2.98. The highest BCUT2D eigenvalue weighted by atomic mass is 32.2. The highest BCUT2D eigenvalue weighted by molar-refractivity contribution is 7.89. The Balaban J connectivity index is 1.99. The molecule has 1 aromatic carbocycles. The lowest BCUT2D eigenvalue weighted by molar-refractivity contribution is 0.0600. The van der Waals surface area contributed by atoms with E-state index in [1.807, 2.05) is 0 Å². The monoisotopic (exact) mass is 312 g/mol. The van der Waals surface area contributed by atoms with Crippen molar-refractivity contribution < 1.29 is 17.9 Å². The summed E-state index contributed by atoms with van der Waals surface area (Å²) in [5.41, 5.74) is 0.220. The van der Waals surface area contributed by atoms with E-state index in [4.69, 9.17) is 0 Å². The van der Waals surface area contributed by atoms with Crippen molar-refractivity contribution in [2.45, 2.75) is 30.2 Å². The van der Waals surface area contributed by atoms with Crippen LogP contribution in [0.4, 0.5) is 0 Å². The Morgan fingerprint density at radius 3 is 2.95 bits per heavy atom. The molecule has 1 fully saturated rings. The van der Waals surface area contributed by atoms with Crippen molar-refractivity contribution in [1.82, 2.24) is 10.0 Å². The van der Waals surface area contributed by atoms with Crippen molar-refractivity contribution in [2.24, 2.45) is 0 Å². The van der Waals surface area contributed by atoms with Gasteiger partial charge in [0.15, 0.2) is 0 Å². The quantitative estimate of drug-likeness (QED) is 0.762. The van der Waals surface area contributed by atoms with Gasteiger partial charge in [-0.1, -0.05) is 6.07 Å². The van der Waals surface area contributed by atoms with Crippen LogP contribution in [0.1, 0.15) is 29.6 Å². The van der Waals surface area contributed by atoms with Crippen LogP contribution in [0.2, 0.25) is 0 Å². The van der Waals surface area contributed by atoms with Crippen molar-refractivity contribution >= 4 is 16.0 Å². The van der Waals surface area contributed by atoms with Crippen LogP contribution in [-0.2, 0) is 14.8 Å². The summed E-state index contributed by atoms with van der Waals surface area (Å²) in [6.45, 7) is 1.38. The molecular formula is C14H20N2O4S. The van der Waals surface area contributed by atoms with Gasteiger partial charge in [-0.2, -0.15) is 0 Å². The Morgan fingerprint density at radius 2 is 2.29 bits per heavy atom. The molecule has 0 radical (unpaired) electrons. The van der Waals surface area contributed by atoms with Crippen LogP contribution in [-0.4, -0.2) is 40.6 Å². The van der Waals surface area contributed by atoms with Gasteiger partial charge in [-0.05, 0) is 44.0 Å². The Bertz CT molecular complexity index is 595. The number of hydrogen-bond acceptors (Lipinski definition) is 5. The number of hydrogen-bond donors (Lipinski definition) is 2. The number of nitrogens with one attached hydrogen (secondary N) is 2. The number of benzene rings is 1. The van der Waals surface area contributed by atoms with Crippen LogP contribution >= 0.6 is 0 Å². The maximum Gasteiger partial charge on any atom is 0.337 e. The van der Waals surface area contributed by atoms with Crippen LogP contribution in [0.15, 0.2) is 29.2 Å². The second kappa shape index (κ2) is 7.02. The van der Waals surface area contributed by atoms with Crippen molar-refractivity contribution in [2.75, 3.05) is 20.2 Å². The summed E-state index contributed by atoms with van der Waals surface area (Å²) in [4.78, 5) is 11.5. The second-order valence-electron chi connectivity index (χ2n) is 5.00. The van der Waals surface area contributed by atoms with Crippen LogP contribution in [0.5, 0.6) is 0 Å². The fraction of sp³-hybridized carbons (Fsp3) is 0.500. The maximum absolute atomic E-state index is 12.2. The van der Waals surface area contributed by atoms with Crippen molar-refractivity contribution in [1.29, 1.82) is 0 Å². The number of ether oxygens (including phenoxy) is 1. The smallest absolute Gasteiger partial charge is 0.337 e. The first-order valence-corrected chi connectivity index (χ1v) is 8.42. The van der Waals surface area contributed by atoms with E-state index in [0.29, 0.717) is 12.6 Å². The van der Waals surface area contributed by atoms with Gasteiger partial charge in [0.2, 0.25) is 10.0 Å². The SMILES string of the molecule is COC(=O)c1cccc(S(=O)(=O)NCCC2CCCN2)c1. The van der Waals surface area contributed by atoms with Crippen molar-refractivity contribution in [3.63, 3.8) is 0 Å². The fourth-order valence-electron chi connectivity index (χ4n) is 2.36. The van der Waals surface area contributed by atoms with Gasteiger partial charge in [0.25, 0.3) is 0 Å². The van der Waals surface area contributed by atoms with E-state index in [-0.39, 0.29) is 10.5 Å². The Labute approximate surface area is 124 Å². The molecule has 0 saturated carbocycles. The predicted octanol–water partition coefficient (Wildman–Crippen LogP) is 0.894. The van der Waals surface area contributed by atoms with Crippen LogP contribution in [0.25, 0.3) is 0 Å². The number of methoxy groups -OCH3 is 1. The molecule has 1 heterocycles. The molecule has 0 aromatic heterocycles. The Morgan fingerprint density at radius 1 is 1.48 bits per heavy atom.